The van der Waals surface area contributed by atoms with Gasteiger partial charge in [0.1, 0.15) is 5.92 Å². The number of hydrogen-bond acceptors (Lipinski definition) is 5. The molecule has 0 radical (unpaired) electrons. The van der Waals surface area contributed by atoms with E-state index in [0.29, 0.717) is 10.6 Å². The molecule has 1 atom stereocenters. The smallest absolute Gasteiger partial charge is 0.243 e. The Hall–Kier alpha value is -1.99. The van der Waals surface area contributed by atoms with Crippen LogP contribution in [0.5, 0.6) is 0 Å². The molecular weight excluding hydrogens is 324 g/mol. The van der Waals surface area contributed by atoms with Crippen LogP contribution in [0.1, 0.15) is 41.5 Å². The average Bonchev–Trinajstić information content (AvgIpc) is 2.43. The molecule has 0 fully saturated rings. The molecule has 0 bridgehead atoms. The summed E-state index contributed by atoms with van der Waals surface area (Å²) in [7, 11) is 0. The second-order valence-corrected chi connectivity index (χ2v) is 7.85. The lowest BCUT2D eigenvalue weighted by Crippen LogP contribution is -2.45. The Labute approximate surface area is 147 Å². The van der Waals surface area contributed by atoms with Gasteiger partial charge >= 0.3 is 0 Å². The van der Waals surface area contributed by atoms with E-state index < -0.39 is 17.2 Å². The number of nitriles is 2. The zero-order chi connectivity index (χ0) is 18.7. The van der Waals surface area contributed by atoms with Gasteiger partial charge in [-0.3, -0.25) is 9.59 Å². The van der Waals surface area contributed by atoms with E-state index in [1.807, 2.05) is 33.8 Å². The summed E-state index contributed by atoms with van der Waals surface area (Å²) in [6.45, 7) is 11.2. The van der Waals surface area contributed by atoms with Gasteiger partial charge in [0.2, 0.25) is 11.8 Å². The van der Waals surface area contributed by atoms with Crippen molar-refractivity contribution < 1.29 is 9.59 Å². The first kappa shape index (κ1) is 20.1. The molecule has 0 aromatic carbocycles. The highest BCUT2D eigenvalue weighted by atomic mass is 32.2. The largest absolute Gasteiger partial charge is 0.337 e. The number of nitrogens with zero attached hydrogens (tertiary/aromatic N) is 3. The van der Waals surface area contributed by atoms with Gasteiger partial charge in [0, 0.05) is 17.5 Å². The van der Waals surface area contributed by atoms with Gasteiger partial charge in [-0.15, -0.1) is 0 Å². The van der Waals surface area contributed by atoms with Crippen molar-refractivity contribution in [2.75, 3.05) is 5.75 Å². The van der Waals surface area contributed by atoms with Gasteiger partial charge in [-0.2, -0.15) is 10.5 Å². The van der Waals surface area contributed by atoms with Crippen molar-refractivity contribution in [2.24, 2.45) is 11.3 Å². The van der Waals surface area contributed by atoms with E-state index >= 15 is 0 Å². The third-order valence-corrected chi connectivity index (χ3v) is 5.06. The van der Waals surface area contributed by atoms with Gasteiger partial charge in [-0.1, -0.05) is 25.6 Å². The van der Waals surface area contributed by atoms with Crippen molar-refractivity contribution in [3.05, 3.63) is 10.6 Å². The molecule has 7 heteroatoms. The molecule has 1 N–H and O–H groups in total. The van der Waals surface area contributed by atoms with Crippen molar-refractivity contribution in [2.45, 2.75) is 53.6 Å². The molecular formula is C17H24N4O2S. The Morgan fingerprint density at radius 2 is 1.83 bits per heavy atom. The van der Waals surface area contributed by atoms with Crippen LogP contribution in [0.15, 0.2) is 10.6 Å². The monoisotopic (exact) mass is 348 g/mol. The van der Waals surface area contributed by atoms with E-state index in [4.69, 9.17) is 0 Å². The summed E-state index contributed by atoms with van der Waals surface area (Å²) in [4.78, 5) is 26.4. The average molecular weight is 348 g/mol. The molecule has 0 saturated heterocycles. The fourth-order valence-corrected chi connectivity index (χ4v) is 3.96. The summed E-state index contributed by atoms with van der Waals surface area (Å²) in [6, 6.07) is 4.20. The molecule has 0 aromatic rings. The number of carbonyl (C=O) groups excluding carboxylic acids is 2. The number of thioether (sulfide) groups is 1. The summed E-state index contributed by atoms with van der Waals surface area (Å²) >= 11 is 1.14. The van der Waals surface area contributed by atoms with Crippen LogP contribution in [-0.2, 0) is 9.59 Å². The maximum Gasteiger partial charge on any atom is 0.243 e. The molecule has 0 aliphatic carbocycles. The van der Waals surface area contributed by atoms with Crippen molar-refractivity contribution in [1.82, 2.24) is 10.2 Å². The molecule has 1 aliphatic heterocycles. The van der Waals surface area contributed by atoms with E-state index in [1.165, 1.54) is 0 Å². The summed E-state index contributed by atoms with van der Waals surface area (Å²) in [5.74, 6) is -1.27. The Kier molecular flexibility index (Phi) is 6.45. The van der Waals surface area contributed by atoms with Gasteiger partial charge in [-0.25, -0.2) is 0 Å². The Bertz CT molecular complexity index is 630. The minimum atomic E-state index is -0.921. The third-order valence-electron chi connectivity index (χ3n) is 4.07. The molecule has 130 valence electrons. The molecule has 0 saturated carbocycles. The van der Waals surface area contributed by atoms with E-state index in [0.717, 1.165) is 11.8 Å². The van der Waals surface area contributed by atoms with Crippen LogP contribution in [0.2, 0.25) is 0 Å². The lowest BCUT2D eigenvalue weighted by Gasteiger charge is -2.35. The number of rotatable bonds is 5. The number of amides is 2. The molecule has 6 nitrogen and oxygen atoms in total. The fourth-order valence-electron chi connectivity index (χ4n) is 2.92. The normalized spacial score (nSPS) is 19.8. The van der Waals surface area contributed by atoms with Gasteiger partial charge in [0.05, 0.1) is 28.5 Å². The standard InChI is InChI=1S/C17H24N4O2S/c1-10(2)21(11(3)4)14(22)9-24-16-13(8-19)17(5,6)12(7-18)15(23)20-16/h10-12H,9H2,1-6H3,(H,20,23)/t12-/m0/s1. The van der Waals surface area contributed by atoms with Gasteiger partial charge < -0.3 is 10.2 Å². The van der Waals surface area contributed by atoms with E-state index in [2.05, 4.69) is 11.4 Å². The lowest BCUT2D eigenvalue weighted by atomic mass is 9.72. The van der Waals surface area contributed by atoms with Crippen LogP contribution in [0.3, 0.4) is 0 Å². The van der Waals surface area contributed by atoms with Gasteiger partial charge in [-0.05, 0) is 27.7 Å². The molecule has 1 aliphatic rings. The predicted molar refractivity (Wildman–Crippen MR) is 93.2 cm³/mol. The van der Waals surface area contributed by atoms with Crippen LogP contribution in [0.25, 0.3) is 0 Å². The summed E-state index contributed by atoms with van der Waals surface area (Å²) in [6.07, 6.45) is 0. The third kappa shape index (κ3) is 3.91. The Balaban J connectivity index is 3.04. The summed E-state index contributed by atoms with van der Waals surface area (Å²) in [5.41, 5.74) is -0.542. The molecule has 0 aromatic heterocycles. The second kappa shape index (κ2) is 7.72. The van der Waals surface area contributed by atoms with Gasteiger partial charge in [0.25, 0.3) is 0 Å². The number of allylic oxidation sites excluding steroid dienone is 1. The molecule has 0 unspecified atom stereocenters. The SMILES string of the molecule is CC(C)N(C(=O)CSC1=C(C#N)C(C)(C)[C@@H](C#N)C(=O)N1)C(C)C. The first-order chi connectivity index (χ1) is 11.1. The minimum absolute atomic E-state index is 0.0516. The van der Waals surface area contributed by atoms with E-state index in [-0.39, 0.29) is 23.7 Å². The van der Waals surface area contributed by atoms with E-state index in [9.17, 15) is 20.1 Å². The highest BCUT2D eigenvalue weighted by Crippen LogP contribution is 2.41. The number of hydrogen-bond donors (Lipinski definition) is 1. The molecule has 2 amide bonds. The fraction of sp³-hybridized carbons (Fsp3) is 0.647. The highest BCUT2D eigenvalue weighted by Gasteiger charge is 2.44. The lowest BCUT2D eigenvalue weighted by molar-refractivity contribution is -0.132. The number of carbonyl (C=O) groups is 2. The van der Waals surface area contributed by atoms with Crippen molar-refractivity contribution in [3.8, 4) is 12.1 Å². The Morgan fingerprint density at radius 1 is 1.29 bits per heavy atom. The van der Waals surface area contributed by atoms with Crippen molar-refractivity contribution >= 4 is 23.6 Å². The van der Waals surface area contributed by atoms with Crippen LogP contribution < -0.4 is 5.32 Å². The molecule has 1 rings (SSSR count). The van der Waals surface area contributed by atoms with Crippen molar-refractivity contribution in [1.29, 1.82) is 10.5 Å². The minimum Gasteiger partial charge on any atom is -0.337 e. The molecule has 0 spiro atoms. The summed E-state index contributed by atoms with van der Waals surface area (Å²) in [5, 5.41) is 21.7. The predicted octanol–water partition coefficient (Wildman–Crippen LogP) is 2.40. The first-order valence-corrected chi connectivity index (χ1v) is 8.85. The second-order valence-electron chi connectivity index (χ2n) is 6.87. The maximum atomic E-state index is 12.5. The van der Waals surface area contributed by atoms with Crippen LogP contribution in [0, 0.1) is 34.0 Å². The Morgan fingerprint density at radius 3 is 2.25 bits per heavy atom. The van der Waals surface area contributed by atoms with Crippen LogP contribution >= 0.6 is 11.8 Å². The first-order valence-electron chi connectivity index (χ1n) is 7.87. The highest BCUT2D eigenvalue weighted by molar-refractivity contribution is 8.03. The zero-order valence-corrected chi connectivity index (χ0v) is 15.8. The zero-order valence-electron chi connectivity index (χ0n) is 15.0. The van der Waals surface area contributed by atoms with Crippen LogP contribution in [-0.4, -0.2) is 34.6 Å². The van der Waals surface area contributed by atoms with Crippen LogP contribution in [0.4, 0.5) is 0 Å². The quantitative estimate of drug-likeness (QED) is 0.823. The summed E-state index contributed by atoms with van der Waals surface area (Å²) < 4.78 is 0. The maximum absolute atomic E-state index is 12.5. The molecule has 1 heterocycles. The van der Waals surface area contributed by atoms with E-state index in [1.54, 1.807) is 18.7 Å². The number of nitrogens with one attached hydrogen (secondary N) is 1. The topological polar surface area (TPSA) is 97.0 Å². The van der Waals surface area contributed by atoms with Gasteiger partial charge in [0.15, 0.2) is 0 Å². The molecule has 24 heavy (non-hydrogen) atoms. The van der Waals surface area contributed by atoms with Crippen molar-refractivity contribution in [3.63, 3.8) is 0 Å².